The minimum atomic E-state index is -0.170. The molecule has 4 nitrogen and oxygen atoms in total. The second-order valence-corrected chi connectivity index (χ2v) is 7.54. The highest BCUT2D eigenvalue weighted by Gasteiger charge is 2.17. The molecule has 1 N–H and O–H groups in total. The van der Waals surface area contributed by atoms with Gasteiger partial charge in [-0.25, -0.2) is 0 Å². The molecule has 1 fully saturated rings. The maximum atomic E-state index is 12.2. The smallest absolute Gasteiger partial charge is 0.248 e. The summed E-state index contributed by atoms with van der Waals surface area (Å²) in [6, 6.07) is 9.82. The number of thiophene rings is 1. The maximum absolute atomic E-state index is 12.2. The lowest BCUT2D eigenvalue weighted by molar-refractivity contribution is -0.111. The van der Waals surface area contributed by atoms with E-state index >= 15 is 0 Å². The molecule has 1 unspecified atom stereocenters. The van der Waals surface area contributed by atoms with Crippen LogP contribution in [0.25, 0.3) is 6.08 Å². The van der Waals surface area contributed by atoms with E-state index < -0.39 is 0 Å². The van der Waals surface area contributed by atoms with Crippen molar-refractivity contribution in [2.75, 3.05) is 18.5 Å². The first-order valence-electron chi connectivity index (χ1n) is 8.51. The number of ether oxygens (including phenoxy) is 2. The molecular formula is C20H23NO3S. The van der Waals surface area contributed by atoms with E-state index in [0.717, 1.165) is 29.9 Å². The first-order chi connectivity index (χ1) is 12.1. The van der Waals surface area contributed by atoms with Gasteiger partial charge in [0.1, 0.15) is 12.4 Å². The summed E-state index contributed by atoms with van der Waals surface area (Å²) < 4.78 is 11.5. The van der Waals surface area contributed by atoms with Crippen molar-refractivity contribution in [2.24, 2.45) is 0 Å². The largest absolute Gasteiger partial charge is 0.489 e. The summed E-state index contributed by atoms with van der Waals surface area (Å²) in [7, 11) is 0. The molecule has 1 saturated heterocycles. The fraction of sp³-hybridized carbons (Fsp3) is 0.350. The molecule has 2 aromatic rings. The number of hydrogen-bond acceptors (Lipinski definition) is 4. The number of carbonyl (C=O) groups is 1. The van der Waals surface area contributed by atoms with Gasteiger partial charge in [-0.1, -0.05) is 6.07 Å². The summed E-state index contributed by atoms with van der Waals surface area (Å²) in [6.45, 7) is 5.37. The lowest BCUT2D eigenvalue weighted by Crippen LogP contribution is -2.17. The van der Waals surface area contributed by atoms with Crippen LogP contribution in [0.5, 0.6) is 5.75 Å². The van der Waals surface area contributed by atoms with Crippen molar-refractivity contribution in [3.05, 3.63) is 51.7 Å². The van der Waals surface area contributed by atoms with Crippen LogP contribution < -0.4 is 10.1 Å². The number of amides is 1. The predicted molar refractivity (Wildman–Crippen MR) is 102 cm³/mol. The van der Waals surface area contributed by atoms with Crippen LogP contribution in [0.1, 0.15) is 28.2 Å². The first kappa shape index (κ1) is 17.7. The fourth-order valence-electron chi connectivity index (χ4n) is 2.69. The zero-order valence-electron chi connectivity index (χ0n) is 14.6. The molecule has 1 aliphatic heterocycles. The van der Waals surface area contributed by atoms with Gasteiger partial charge >= 0.3 is 0 Å². The van der Waals surface area contributed by atoms with E-state index in [-0.39, 0.29) is 12.0 Å². The average molecular weight is 357 g/mol. The molecule has 0 saturated carbocycles. The molecular weight excluding hydrogens is 334 g/mol. The minimum absolute atomic E-state index is 0.144. The van der Waals surface area contributed by atoms with Crippen molar-refractivity contribution in [3.63, 3.8) is 0 Å². The van der Waals surface area contributed by atoms with Crippen molar-refractivity contribution in [3.8, 4) is 5.75 Å². The molecule has 1 amide bonds. The molecule has 3 rings (SSSR count). The lowest BCUT2D eigenvalue weighted by atomic mass is 10.2. The highest BCUT2D eigenvalue weighted by molar-refractivity contribution is 7.12. The van der Waals surface area contributed by atoms with Crippen LogP contribution in [0.4, 0.5) is 5.69 Å². The Morgan fingerprint density at radius 2 is 2.24 bits per heavy atom. The quantitative estimate of drug-likeness (QED) is 0.770. The summed E-state index contributed by atoms with van der Waals surface area (Å²) in [5.41, 5.74) is 1.77. The summed E-state index contributed by atoms with van der Waals surface area (Å²) >= 11 is 1.66. The van der Waals surface area contributed by atoms with Gasteiger partial charge in [-0.15, -0.1) is 11.3 Å². The van der Waals surface area contributed by atoms with Gasteiger partial charge in [0, 0.05) is 22.4 Å². The maximum Gasteiger partial charge on any atom is 0.248 e. The Balaban J connectivity index is 1.64. The SMILES string of the molecule is Cc1ccc(NC(=O)C=Cc2ccc(C)s2)c(OCC2CCCO2)c1. The summed E-state index contributed by atoms with van der Waals surface area (Å²) in [5, 5.41) is 2.90. The van der Waals surface area contributed by atoms with Gasteiger partial charge in [0.15, 0.2) is 0 Å². The van der Waals surface area contributed by atoms with Gasteiger partial charge < -0.3 is 14.8 Å². The molecule has 1 atom stereocenters. The Kier molecular flexibility index (Phi) is 5.89. The third-order valence-electron chi connectivity index (χ3n) is 4.00. The molecule has 0 aliphatic carbocycles. The third kappa shape index (κ3) is 5.18. The number of rotatable bonds is 6. The highest BCUT2D eigenvalue weighted by atomic mass is 32.1. The van der Waals surface area contributed by atoms with Crippen molar-refractivity contribution >= 4 is 29.0 Å². The Morgan fingerprint density at radius 3 is 2.96 bits per heavy atom. The highest BCUT2D eigenvalue weighted by Crippen LogP contribution is 2.27. The van der Waals surface area contributed by atoms with E-state index in [1.54, 1.807) is 17.4 Å². The molecule has 2 heterocycles. The van der Waals surface area contributed by atoms with Crippen LogP contribution in [-0.2, 0) is 9.53 Å². The summed E-state index contributed by atoms with van der Waals surface area (Å²) in [6.07, 6.45) is 5.63. The fourth-order valence-corrected chi connectivity index (χ4v) is 3.47. The van der Waals surface area contributed by atoms with E-state index in [0.29, 0.717) is 18.0 Å². The molecule has 0 bridgehead atoms. The zero-order chi connectivity index (χ0) is 17.6. The van der Waals surface area contributed by atoms with Gasteiger partial charge in [0.2, 0.25) is 5.91 Å². The van der Waals surface area contributed by atoms with Gasteiger partial charge in [0.05, 0.1) is 11.8 Å². The van der Waals surface area contributed by atoms with E-state index in [4.69, 9.17) is 9.47 Å². The number of hydrogen-bond donors (Lipinski definition) is 1. The number of aryl methyl sites for hydroxylation is 2. The molecule has 1 aromatic carbocycles. The van der Waals surface area contributed by atoms with Gasteiger partial charge in [0.25, 0.3) is 0 Å². The lowest BCUT2D eigenvalue weighted by Gasteiger charge is -2.15. The molecule has 132 valence electrons. The van der Waals surface area contributed by atoms with Crippen LogP contribution in [0.2, 0.25) is 0 Å². The summed E-state index contributed by atoms with van der Waals surface area (Å²) in [4.78, 5) is 14.5. The second-order valence-electron chi connectivity index (χ2n) is 6.22. The molecule has 1 aromatic heterocycles. The van der Waals surface area contributed by atoms with Gasteiger partial charge in [-0.3, -0.25) is 4.79 Å². The predicted octanol–water partition coefficient (Wildman–Crippen LogP) is 4.57. The molecule has 0 spiro atoms. The minimum Gasteiger partial charge on any atom is -0.489 e. The van der Waals surface area contributed by atoms with Crippen LogP contribution in [0, 0.1) is 13.8 Å². The zero-order valence-corrected chi connectivity index (χ0v) is 15.4. The van der Waals surface area contributed by atoms with E-state index in [9.17, 15) is 4.79 Å². The molecule has 0 radical (unpaired) electrons. The number of nitrogens with one attached hydrogen (secondary N) is 1. The van der Waals surface area contributed by atoms with Gasteiger partial charge in [-0.2, -0.15) is 0 Å². The van der Waals surface area contributed by atoms with Crippen molar-refractivity contribution in [1.82, 2.24) is 0 Å². The molecule has 25 heavy (non-hydrogen) atoms. The molecule has 1 aliphatic rings. The average Bonchev–Trinajstić information content (AvgIpc) is 3.24. The Hall–Kier alpha value is -2.11. The number of benzene rings is 1. The third-order valence-corrected chi connectivity index (χ3v) is 4.97. The van der Waals surface area contributed by atoms with Crippen molar-refractivity contribution in [1.29, 1.82) is 0 Å². The van der Waals surface area contributed by atoms with Crippen molar-refractivity contribution < 1.29 is 14.3 Å². The monoisotopic (exact) mass is 357 g/mol. The first-order valence-corrected chi connectivity index (χ1v) is 9.32. The summed E-state index contributed by atoms with van der Waals surface area (Å²) in [5.74, 6) is 0.515. The standard InChI is InChI=1S/C20H23NO3S/c1-14-5-9-18(19(12-14)24-13-16-4-3-11-23-16)21-20(22)10-8-17-7-6-15(2)25-17/h5-10,12,16H,3-4,11,13H2,1-2H3,(H,21,22). The topological polar surface area (TPSA) is 47.6 Å². The number of carbonyl (C=O) groups excluding carboxylic acids is 1. The van der Waals surface area contributed by atoms with Crippen LogP contribution in [0.15, 0.2) is 36.4 Å². The van der Waals surface area contributed by atoms with Crippen LogP contribution >= 0.6 is 11.3 Å². The Morgan fingerprint density at radius 1 is 1.36 bits per heavy atom. The van der Waals surface area contributed by atoms with E-state index in [2.05, 4.69) is 5.32 Å². The second kappa shape index (κ2) is 8.32. The normalized spacial score (nSPS) is 17.1. The Labute approximate surface area is 152 Å². The van der Waals surface area contributed by atoms with E-state index in [1.807, 2.05) is 50.3 Å². The van der Waals surface area contributed by atoms with E-state index in [1.165, 1.54) is 4.88 Å². The van der Waals surface area contributed by atoms with Crippen LogP contribution in [0.3, 0.4) is 0 Å². The number of anilines is 1. The van der Waals surface area contributed by atoms with Crippen molar-refractivity contribution in [2.45, 2.75) is 32.8 Å². The molecule has 5 heteroatoms. The van der Waals surface area contributed by atoms with Gasteiger partial charge in [-0.05, 0) is 62.6 Å². The van der Waals surface area contributed by atoms with Crippen LogP contribution in [-0.4, -0.2) is 25.2 Å². The Bertz CT molecular complexity index is 760.